The van der Waals surface area contributed by atoms with Crippen molar-refractivity contribution < 1.29 is 18.0 Å². The second-order valence-electron chi connectivity index (χ2n) is 5.54. The molecule has 1 aliphatic heterocycles. The van der Waals surface area contributed by atoms with E-state index < -0.39 is 17.0 Å². The number of alkyl halides is 3. The normalized spacial score (nSPS) is 16.8. The molecule has 0 bridgehead atoms. The quantitative estimate of drug-likeness (QED) is 0.767. The Kier molecular flexibility index (Phi) is 4.65. The molecule has 0 aliphatic carbocycles. The Balaban J connectivity index is 1.89. The smallest absolute Gasteiger partial charge is 0.342 e. The van der Waals surface area contributed by atoms with Crippen molar-refractivity contribution in [2.45, 2.75) is 36.3 Å². The third kappa shape index (κ3) is 3.32. The minimum atomic E-state index is -4.53. The van der Waals surface area contributed by atoms with Crippen molar-refractivity contribution in [3.05, 3.63) is 22.8 Å². The molecule has 3 heterocycles. The van der Waals surface area contributed by atoms with Gasteiger partial charge in [0.2, 0.25) is 5.91 Å². The third-order valence-electron chi connectivity index (χ3n) is 3.80. The molecule has 0 radical (unpaired) electrons. The van der Waals surface area contributed by atoms with Gasteiger partial charge in [-0.25, -0.2) is 0 Å². The molecule has 130 valence electrons. The van der Waals surface area contributed by atoms with Crippen molar-refractivity contribution in [3.8, 4) is 0 Å². The molecule has 0 aromatic carbocycles. The van der Waals surface area contributed by atoms with Crippen LogP contribution in [0.3, 0.4) is 0 Å². The van der Waals surface area contributed by atoms with Crippen molar-refractivity contribution in [3.63, 3.8) is 0 Å². The second-order valence-corrected chi connectivity index (χ2v) is 7.26. The fraction of sp³-hybridized carbons (Fsp3) is 0.500. The van der Waals surface area contributed by atoms with Gasteiger partial charge in [-0.3, -0.25) is 9.20 Å². The zero-order valence-corrected chi connectivity index (χ0v) is 14.3. The first-order valence-electron chi connectivity index (χ1n) is 7.34. The molecule has 0 spiro atoms. The minimum Gasteiger partial charge on any atom is -0.342 e. The van der Waals surface area contributed by atoms with Crippen LogP contribution >= 0.6 is 23.4 Å². The lowest BCUT2D eigenvalue weighted by atomic mass is 10.3. The number of hydrogen-bond acceptors (Lipinski definition) is 4. The number of nitrogens with zero attached hydrogens (tertiary/aromatic N) is 4. The van der Waals surface area contributed by atoms with Gasteiger partial charge in [-0.15, -0.1) is 10.2 Å². The Bertz CT molecular complexity index is 773. The highest BCUT2D eigenvalue weighted by Crippen LogP contribution is 2.34. The zero-order valence-electron chi connectivity index (χ0n) is 12.7. The molecule has 2 aromatic rings. The number of aromatic nitrogens is 3. The third-order valence-corrected chi connectivity index (χ3v) is 5.13. The van der Waals surface area contributed by atoms with Gasteiger partial charge in [-0.05, 0) is 25.8 Å². The SMILES string of the molecule is C[C@H](Sc1nnc2c(Cl)cc(C(F)(F)F)cn12)C(=O)N1CCCC1. The van der Waals surface area contributed by atoms with Gasteiger partial charge < -0.3 is 4.90 Å². The van der Waals surface area contributed by atoms with Crippen LogP contribution in [0.4, 0.5) is 13.2 Å². The number of rotatable bonds is 3. The largest absolute Gasteiger partial charge is 0.417 e. The first kappa shape index (κ1) is 17.3. The molecule has 10 heteroatoms. The van der Waals surface area contributed by atoms with Crippen LogP contribution < -0.4 is 0 Å². The average Bonchev–Trinajstić information content (AvgIpc) is 3.16. The maximum Gasteiger partial charge on any atom is 0.417 e. The molecule has 1 amide bonds. The van der Waals surface area contributed by atoms with Crippen LogP contribution in [0.5, 0.6) is 0 Å². The molecule has 0 N–H and O–H groups in total. The van der Waals surface area contributed by atoms with E-state index in [0.717, 1.165) is 36.9 Å². The van der Waals surface area contributed by atoms with E-state index in [1.165, 1.54) is 4.40 Å². The summed E-state index contributed by atoms with van der Waals surface area (Å²) in [6.07, 6.45) is -1.68. The summed E-state index contributed by atoms with van der Waals surface area (Å²) in [7, 11) is 0. The molecule has 1 saturated heterocycles. The van der Waals surface area contributed by atoms with Crippen molar-refractivity contribution in [1.82, 2.24) is 19.5 Å². The minimum absolute atomic E-state index is 0.0488. The number of thioether (sulfide) groups is 1. The van der Waals surface area contributed by atoms with Gasteiger partial charge in [-0.2, -0.15) is 13.2 Å². The number of hydrogen-bond donors (Lipinski definition) is 0. The molecule has 5 nitrogen and oxygen atoms in total. The maximum atomic E-state index is 12.9. The number of amides is 1. The molecular formula is C14H14ClF3N4OS. The van der Waals surface area contributed by atoms with E-state index >= 15 is 0 Å². The molecule has 24 heavy (non-hydrogen) atoms. The lowest BCUT2D eigenvalue weighted by molar-refractivity contribution is -0.138. The number of carbonyl (C=O) groups excluding carboxylic acids is 1. The summed E-state index contributed by atoms with van der Waals surface area (Å²) in [5.74, 6) is -0.0488. The number of fused-ring (bicyclic) bond motifs is 1. The Morgan fingerprint density at radius 2 is 2.00 bits per heavy atom. The highest BCUT2D eigenvalue weighted by atomic mass is 35.5. The highest BCUT2D eigenvalue weighted by Gasteiger charge is 2.33. The Morgan fingerprint density at radius 1 is 1.33 bits per heavy atom. The van der Waals surface area contributed by atoms with Gasteiger partial charge in [0.1, 0.15) is 0 Å². The standard InChI is InChI=1S/C14H14ClF3N4OS/c1-8(12(23)21-4-2-3-5-21)24-13-20-19-11-10(15)6-9(7-22(11)13)14(16,17)18/h6-8H,2-5H2,1H3/t8-/m0/s1. The summed E-state index contributed by atoms with van der Waals surface area (Å²) in [6, 6.07) is 0.818. The van der Waals surface area contributed by atoms with Gasteiger partial charge in [0.15, 0.2) is 10.8 Å². The van der Waals surface area contributed by atoms with Crippen LogP contribution in [0.2, 0.25) is 5.02 Å². The maximum absolute atomic E-state index is 12.9. The summed E-state index contributed by atoms with van der Waals surface area (Å²) in [5, 5.41) is 7.30. The van der Waals surface area contributed by atoms with E-state index in [1.54, 1.807) is 11.8 Å². The number of pyridine rings is 1. The van der Waals surface area contributed by atoms with Gasteiger partial charge in [0, 0.05) is 19.3 Å². The van der Waals surface area contributed by atoms with Crippen LogP contribution in [0.1, 0.15) is 25.3 Å². The molecule has 0 unspecified atom stereocenters. The first-order chi connectivity index (χ1) is 11.3. The Labute approximate surface area is 145 Å². The predicted molar refractivity (Wildman–Crippen MR) is 84.1 cm³/mol. The molecule has 1 fully saturated rings. The van der Waals surface area contributed by atoms with Crippen molar-refractivity contribution in [2.24, 2.45) is 0 Å². The average molecular weight is 379 g/mol. The molecule has 1 aliphatic rings. The van der Waals surface area contributed by atoms with Crippen molar-refractivity contribution in [2.75, 3.05) is 13.1 Å². The molecule has 1 atom stereocenters. The number of likely N-dealkylation sites (tertiary alicyclic amines) is 1. The second kappa shape index (κ2) is 6.44. The predicted octanol–water partition coefficient (Wildman–Crippen LogP) is 3.50. The van der Waals surface area contributed by atoms with Gasteiger partial charge in [0.25, 0.3) is 0 Å². The van der Waals surface area contributed by atoms with Crippen LogP contribution in [-0.2, 0) is 11.0 Å². The summed E-state index contributed by atoms with van der Waals surface area (Å²) >= 11 is 6.95. The highest BCUT2D eigenvalue weighted by molar-refractivity contribution is 8.00. The lowest BCUT2D eigenvalue weighted by Gasteiger charge is -2.19. The van der Waals surface area contributed by atoms with Gasteiger partial charge in [0.05, 0.1) is 15.8 Å². The van der Waals surface area contributed by atoms with E-state index in [2.05, 4.69) is 10.2 Å². The molecule has 2 aromatic heterocycles. The van der Waals surface area contributed by atoms with Crippen LogP contribution in [0.25, 0.3) is 5.65 Å². The van der Waals surface area contributed by atoms with E-state index in [4.69, 9.17) is 11.6 Å². The monoisotopic (exact) mass is 378 g/mol. The first-order valence-corrected chi connectivity index (χ1v) is 8.60. The Hall–Kier alpha value is -1.48. The molecule has 3 rings (SSSR count). The summed E-state index contributed by atoms with van der Waals surface area (Å²) in [4.78, 5) is 14.1. The zero-order chi connectivity index (χ0) is 17.5. The van der Waals surface area contributed by atoms with E-state index in [-0.39, 0.29) is 21.7 Å². The number of carbonyl (C=O) groups is 1. The summed E-state index contributed by atoms with van der Waals surface area (Å²) < 4.78 is 40.0. The van der Waals surface area contributed by atoms with Crippen molar-refractivity contribution >= 4 is 34.9 Å². The lowest BCUT2D eigenvalue weighted by Crippen LogP contribution is -2.34. The fourth-order valence-electron chi connectivity index (χ4n) is 2.57. The van der Waals surface area contributed by atoms with Gasteiger partial charge in [-0.1, -0.05) is 23.4 Å². The van der Waals surface area contributed by atoms with Crippen LogP contribution in [0.15, 0.2) is 17.4 Å². The summed E-state index contributed by atoms with van der Waals surface area (Å²) in [5.41, 5.74) is -0.756. The fourth-order valence-corrected chi connectivity index (χ4v) is 3.73. The van der Waals surface area contributed by atoms with E-state index in [9.17, 15) is 18.0 Å². The van der Waals surface area contributed by atoms with E-state index in [1.807, 2.05) is 0 Å². The Morgan fingerprint density at radius 3 is 2.62 bits per heavy atom. The van der Waals surface area contributed by atoms with Crippen LogP contribution in [-0.4, -0.2) is 43.7 Å². The number of halogens is 4. The van der Waals surface area contributed by atoms with Crippen molar-refractivity contribution in [1.29, 1.82) is 0 Å². The topological polar surface area (TPSA) is 50.5 Å². The molecule has 0 saturated carbocycles. The van der Waals surface area contributed by atoms with E-state index in [0.29, 0.717) is 13.1 Å². The van der Waals surface area contributed by atoms with Gasteiger partial charge >= 0.3 is 6.18 Å². The molecular weight excluding hydrogens is 365 g/mol. The summed E-state index contributed by atoms with van der Waals surface area (Å²) in [6.45, 7) is 3.14. The van der Waals surface area contributed by atoms with Crippen LogP contribution in [0, 0.1) is 0 Å².